The van der Waals surface area contributed by atoms with Crippen molar-refractivity contribution in [3.05, 3.63) is 114 Å². The molecule has 1 aliphatic heterocycles. The summed E-state index contributed by atoms with van der Waals surface area (Å²) in [7, 11) is 0. The van der Waals surface area contributed by atoms with Crippen molar-refractivity contribution < 1.29 is 14.3 Å². The Morgan fingerprint density at radius 3 is 2.26 bits per heavy atom. The molecule has 0 radical (unpaired) electrons. The highest BCUT2D eigenvalue weighted by molar-refractivity contribution is 6.04. The number of rotatable bonds is 10. The van der Waals surface area contributed by atoms with Crippen molar-refractivity contribution >= 4 is 34.2 Å². The summed E-state index contributed by atoms with van der Waals surface area (Å²) in [6, 6.07) is 30.9. The van der Waals surface area contributed by atoms with Crippen LogP contribution in [0, 0.1) is 0 Å². The molecule has 6 rings (SSSR count). The van der Waals surface area contributed by atoms with E-state index in [0.717, 1.165) is 12.1 Å². The van der Waals surface area contributed by atoms with E-state index < -0.39 is 0 Å². The van der Waals surface area contributed by atoms with E-state index in [9.17, 15) is 9.59 Å². The topological polar surface area (TPSA) is 87.6 Å². The van der Waals surface area contributed by atoms with Crippen molar-refractivity contribution in [2.24, 2.45) is 0 Å². The van der Waals surface area contributed by atoms with E-state index in [1.54, 1.807) is 36.4 Å². The van der Waals surface area contributed by atoms with Gasteiger partial charge in [0.15, 0.2) is 0 Å². The molecule has 5 aromatic rings. The van der Waals surface area contributed by atoms with E-state index in [-0.39, 0.29) is 18.0 Å². The summed E-state index contributed by atoms with van der Waals surface area (Å²) in [5.41, 5.74) is 5.41. The van der Waals surface area contributed by atoms with Gasteiger partial charge in [-0.1, -0.05) is 24.3 Å². The third-order valence-electron chi connectivity index (χ3n) is 8.34. The molecule has 0 aliphatic carbocycles. The van der Waals surface area contributed by atoms with E-state index in [1.165, 1.54) is 42.4 Å². The fraction of sp³-hybridized carbons (Fsp3) is 0.263. The second-order valence-corrected chi connectivity index (χ2v) is 12.2. The average Bonchev–Trinajstić information content (AvgIpc) is 3.71. The quantitative estimate of drug-likeness (QED) is 0.148. The zero-order valence-electron chi connectivity index (χ0n) is 26.6. The SMILES string of the molecule is CC(C)NC(=O)Nc1cccc(Oc2ccc(NC(=O)c3ccc(-n4cc(CC(C)N5CCCC5)c5ccccc54)cc3)cc2)c1. The van der Waals surface area contributed by atoms with Crippen LogP contribution in [0.2, 0.25) is 0 Å². The Morgan fingerprint density at radius 2 is 1.52 bits per heavy atom. The van der Waals surface area contributed by atoms with Gasteiger partial charge in [0.2, 0.25) is 0 Å². The number of nitrogens with one attached hydrogen (secondary N) is 3. The van der Waals surface area contributed by atoms with Crippen LogP contribution in [-0.2, 0) is 6.42 Å². The molecule has 1 aromatic heterocycles. The third kappa shape index (κ3) is 7.41. The largest absolute Gasteiger partial charge is 0.457 e. The summed E-state index contributed by atoms with van der Waals surface area (Å²) in [5.74, 6) is 1.01. The van der Waals surface area contributed by atoms with E-state index in [2.05, 4.69) is 62.8 Å². The van der Waals surface area contributed by atoms with Gasteiger partial charge >= 0.3 is 6.03 Å². The van der Waals surface area contributed by atoms with Crippen LogP contribution in [0.25, 0.3) is 16.6 Å². The molecule has 0 spiro atoms. The number of aromatic nitrogens is 1. The number of benzene rings is 4. The highest BCUT2D eigenvalue weighted by Gasteiger charge is 2.20. The lowest BCUT2D eigenvalue weighted by molar-refractivity contribution is 0.102. The maximum absolute atomic E-state index is 13.1. The Kier molecular flexibility index (Phi) is 9.36. The zero-order valence-corrected chi connectivity index (χ0v) is 26.6. The molecule has 236 valence electrons. The average molecular weight is 616 g/mol. The molecule has 3 amide bonds. The number of amides is 3. The van der Waals surface area contributed by atoms with Gasteiger partial charge in [-0.2, -0.15) is 0 Å². The normalized spacial score (nSPS) is 13.9. The van der Waals surface area contributed by atoms with Crippen molar-refractivity contribution in [3.8, 4) is 17.2 Å². The number of carbonyl (C=O) groups is 2. The molecular weight excluding hydrogens is 574 g/mol. The van der Waals surface area contributed by atoms with E-state index in [1.807, 2.05) is 50.2 Å². The Bertz CT molecular complexity index is 1800. The second-order valence-electron chi connectivity index (χ2n) is 12.2. The highest BCUT2D eigenvalue weighted by atomic mass is 16.5. The summed E-state index contributed by atoms with van der Waals surface area (Å²) in [6.45, 7) is 8.52. The van der Waals surface area contributed by atoms with Crippen molar-refractivity contribution in [1.29, 1.82) is 0 Å². The van der Waals surface area contributed by atoms with Gasteiger partial charge in [-0.15, -0.1) is 0 Å². The first-order valence-corrected chi connectivity index (χ1v) is 16.0. The van der Waals surface area contributed by atoms with Gasteiger partial charge in [0.25, 0.3) is 5.91 Å². The van der Waals surface area contributed by atoms with E-state index >= 15 is 0 Å². The molecule has 1 aliphatic rings. The number of urea groups is 1. The predicted molar refractivity (Wildman–Crippen MR) is 185 cm³/mol. The van der Waals surface area contributed by atoms with Crippen molar-refractivity contribution in [2.75, 3.05) is 23.7 Å². The van der Waals surface area contributed by atoms with E-state index in [4.69, 9.17) is 4.74 Å². The number of nitrogens with zero attached hydrogens (tertiary/aromatic N) is 2. The van der Waals surface area contributed by atoms with Gasteiger partial charge in [0, 0.05) is 52.4 Å². The monoisotopic (exact) mass is 615 g/mol. The smallest absolute Gasteiger partial charge is 0.319 e. The van der Waals surface area contributed by atoms with Crippen molar-refractivity contribution in [2.45, 2.75) is 52.1 Å². The van der Waals surface area contributed by atoms with Gasteiger partial charge in [-0.25, -0.2) is 4.79 Å². The Morgan fingerprint density at radius 1 is 0.783 bits per heavy atom. The van der Waals surface area contributed by atoms with Crippen LogP contribution >= 0.6 is 0 Å². The molecule has 1 fully saturated rings. The number of fused-ring (bicyclic) bond motifs is 1. The van der Waals surface area contributed by atoms with Crippen LogP contribution in [-0.4, -0.2) is 46.6 Å². The predicted octanol–water partition coefficient (Wildman–Crippen LogP) is 8.23. The zero-order chi connectivity index (χ0) is 32.0. The first-order valence-electron chi connectivity index (χ1n) is 16.0. The fourth-order valence-electron chi connectivity index (χ4n) is 6.04. The van der Waals surface area contributed by atoms with Crippen molar-refractivity contribution in [3.63, 3.8) is 0 Å². The third-order valence-corrected chi connectivity index (χ3v) is 8.34. The van der Waals surface area contributed by atoms with Crippen LogP contribution in [0.5, 0.6) is 11.5 Å². The summed E-state index contributed by atoms with van der Waals surface area (Å²) in [4.78, 5) is 27.7. The lowest BCUT2D eigenvalue weighted by atomic mass is 10.1. The lowest BCUT2D eigenvalue weighted by Crippen LogP contribution is -2.34. The molecule has 4 aromatic carbocycles. The van der Waals surface area contributed by atoms with Crippen LogP contribution in [0.15, 0.2) is 103 Å². The first kappa shape index (κ1) is 30.9. The number of hydrogen-bond donors (Lipinski definition) is 3. The number of anilines is 2. The maximum Gasteiger partial charge on any atom is 0.319 e. The van der Waals surface area contributed by atoms with Crippen LogP contribution in [0.1, 0.15) is 49.5 Å². The molecule has 0 saturated carbocycles. The molecule has 2 heterocycles. The number of ether oxygens (including phenoxy) is 1. The molecule has 1 unspecified atom stereocenters. The Labute approximate surface area is 270 Å². The molecule has 8 nitrogen and oxygen atoms in total. The fourth-order valence-corrected chi connectivity index (χ4v) is 6.04. The lowest BCUT2D eigenvalue weighted by Gasteiger charge is -2.23. The van der Waals surface area contributed by atoms with Gasteiger partial charge in [-0.3, -0.25) is 4.79 Å². The molecular formula is C38H41N5O3. The van der Waals surface area contributed by atoms with Crippen LogP contribution in [0.4, 0.5) is 16.2 Å². The van der Waals surface area contributed by atoms with Crippen molar-refractivity contribution in [1.82, 2.24) is 14.8 Å². The Hall–Kier alpha value is -5.08. The van der Waals surface area contributed by atoms with Gasteiger partial charge in [-0.05, 0) is 125 Å². The minimum Gasteiger partial charge on any atom is -0.457 e. The highest BCUT2D eigenvalue weighted by Crippen LogP contribution is 2.29. The summed E-state index contributed by atoms with van der Waals surface area (Å²) in [6.07, 6.45) is 5.85. The van der Waals surface area contributed by atoms with Gasteiger partial charge in [0.1, 0.15) is 11.5 Å². The molecule has 1 atom stereocenters. The number of hydrogen-bond acceptors (Lipinski definition) is 4. The standard InChI is InChI=1S/C38H41N5O3/c1-26(2)39-38(45)41-31-9-8-10-34(24-31)46-33-19-15-30(16-20-33)40-37(44)28-13-17-32(18-14-28)43-25-29(35-11-4-5-12-36(35)43)23-27(3)42-21-6-7-22-42/h4-5,8-20,24-27H,6-7,21-23H2,1-3H3,(H,40,44)(H2,39,41,45). The van der Waals surface area contributed by atoms with Gasteiger partial charge in [0.05, 0.1) is 5.52 Å². The summed E-state index contributed by atoms with van der Waals surface area (Å²) < 4.78 is 8.20. The minimum absolute atomic E-state index is 0.0372. The first-order chi connectivity index (χ1) is 22.3. The molecule has 46 heavy (non-hydrogen) atoms. The molecule has 3 N–H and O–H groups in total. The number of carbonyl (C=O) groups excluding carboxylic acids is 2. The number of para-hydroxylation sites is 1. The second kappa shape index (κ2) is 13.9. The van der Waals surface area contributed by atoms with Crippen LogP contribution in [0.3, 0.4) is 0 Å². The number of likely N-dealkylation sites (tertiary alicyclic amines) is 1. The van der Waals surface area contributed by atoms with E-state index in [0.29, 0.717) is 34.5 Å². The van der Waals surface area contributed by atoms with Gasteiger partial charge < -0.3 is 30.2 Å². The van der Waals surface area contributed by atoms with Crippen LogP contribution < -0.4 is 20.7 Å². The summed E-state index contributed by atoms with van der Waals surface area (Å²) >= 11 is 0. The summed E-state index contributed by atoms with van der Waals surface area (Å²) in [5, 5.41) is 9.85. The molecule has 0 bridgehead atoms. The minimum atomic E-state index is -0.271. The maximum atomic E-state index is 13.1. The molecule has 1 saturated heterocycles. The molecule has 8 heteroatoms. The Balaban J connectivity index is 1.09.